The molecule has 1 aromatic carbocycles. The zero-order valence-electron chi connectivity index (χ0n) is 8.93. The van der Waals surface area contributed by atoms with E-state index < -0.39 is 5.97 Å². The van der Waals surface area contributed by atoms with Gasteiger partial charge < -0.3 is 15.6 Å². The Labute approximate surface area is 96.8 Å². The van der Waals surface area contributed by atoms with Gasteiger partial charge in [-0.15, -0.1) is 0 Å². The van der Waals surface area contributed by atoms with Gasteiger partial charge in [0.15, 0.2) is 5.69 Å². The fourth-order valence-corrected chi connectivity index (χ4v) is 2.04. The zero-order chi connectivity index (χ0) is 12.0. The molecular formula is C12H10N2O3. The summed E-state index contributed by atoms with van der Waals surface area (Å²) in [5.74, 6) is -0.336. The monoisotopic (exact) mass is 230 g/mol. The number of rotatable bonds is 1. The van der Waals surface area contributed by atoms with Gasteiger partial charge in [0, 0.05) is 17.9 Å². The molecule has 0 spiro atoms. The Hall–Kier alpha value is -2.30. The van der Waals surface area contributed by atoms with Crippen molar-refractivity contribution < 1.29 is 14.6 Å². The van der Waals surface area contributed by atoms with Crippen molar-refractivity contribution in [3.8, 4) is 5.75 Å². The number of aromatic carboxylic acids is 1. The molecule has 1 aliphatic heterocycles. The number of benzene rings is 1. The number of pyridine rings is 1. The van der Waals surface area contributed by atoms with E-state index in [2.05, 4.69) is 4.98 Å². The standard InChI is InChI=1S/C12H10N2O3/c13-8-4-7-3-6-1-2-17-10(6)5-9(7)14-11(8)12(15)16/h3-5H,1-2,13H2,(H,15,16). The molecule has 0 fully saturated rings. The Morgan fingerprint density at radius 3 is 3.00 bits per heavy atom. The lowest BCUT2D eigenvalue weighted by molar-refractivity contribution is 0.0692. The minimum atomic E-state index is -1.12. The van der Waals surface area contributed by atoms with Crippen LogP contribution in [0.5, 0.6) is 5.75 Å². The Balaban J connectivity index is 2.29. The van der Waals surface area contributed by atoms with Crippen molar-refractivity contribution in [2.24, 2.45) is 0 Å². The van der Waals surface area contributed by atoms with Crippen LogP contribution in [0.1, 0.15) is 16.1 Å². The highest BCUT2D eigenvalue weighted by Gasteiger charge is 2.16. The second-order valence-corrected chi connectivity index (χ2v) is 3.98. The average molecular weight is 230 g/mol. The van der Waals surface area contributed by atoms with Crippen LogP contribution in [0.2, 0.25) is 0 Å². The SMILES string of the molecule is Nc1cc2cc3c(cc2nc1C(=O)O)OCC3. The van der Waals surface area contributed by atoms with Crippen LogP contribution in [0.25, 0.3) is 10.9 Å². The molecule has 1 aromatic heterocycles. The predicted octanol–water partition coefficient (Wildman–Crippen LogP) is 1.45. The molecule has 5 heteroatoms. The minimum Gasteiger partial charge on any atom is -0.493 e. The smallest absolute Gasteiger partial charge is 0.356 e. The highest BCUT2D eigenvalue weighted by molar-refractivity contribution is 5.96. The summed E-state index contributed by atoms with van der Waals surface area (Å²) < 4.78 is 5.42. The highest BCUT2D eigenvalue weighted by Crippen LogP contribution is 2.30. The third kappa shape index (κ3) is 1.47. The van der Waals surface area contributed by atoms with Gasteiger partial charge in [-0.1, -0.05) is 0 Å². The number of fused-ring (bicyclic) bond motifs is 2. The van der Waals surface area contributed by atoms with Crippen LogP contribution in [-0.4, -0.2) is 22.7 Å². The van der Waals surface area contributed by atoms with E-state index in [0.29, 0.717) is 12.1 Å². The first-order valence-corrected chi connectivity index (χ1v) is 5.24. The lowest BCUT2D eigenvalue weighted by atomic mass is 10.1. The zero-order valence-corrected chi connectivity index (χ0v) is 8.93. The molecule has 0 unspecified atom stereocenters. The summed E-state index contributed by atoms with van der Waals surface area (Å²) in [7, 11) is 0. The largest absolute Gasteiger partial charge is 0.493 e. The van der Waals surface area contributed by atoms with Crippen molar-refractivity contribution in [2.75, 3.05) is 12.3 Å². The summed E-state index contributed by atoms with van der Waals surface area (Å²) in [5, 5.41) is 9.79. The van der Waals surface area contributed by atoms with E-state index in [1.54, 1.807) is 12.1 Å². The molecule has 3 rings (SSSR count). The minimum absolute atomic E-state index is 0.115. The van der Waals surface area contributed by atoms with E-state index in [9.17, 15) is 4.79 Å². The van der Waals surface area contributed by atoms with Gasteiger partial charge in [0.2, 0.25) is 0 Å². The molecule has 0 bridgehead atoms. The summed E-state index contributed by atoms with van der Waals surface area (Å²) in [6, 6.07) is 5.36. The Morgan fingerprint density at radius 1 is 1.41 bits per heavy atom. The Bertz CT molecular complexity index is 637. The molecule has 17 heavy (non-hydrogen) atoms. The van der Waals surface area contributed by atoms with E-state index in [1.165, 1.54) is 0 Å². The lowest BCUT2D eigenvalue weighted by Crippen LogP contribution is -2.05. The number of ether oxygens (including phenoxy) is 1. The third-order valence-electron chi connectivity index (χ3n) is 2.86. The van der Waals surface area contributed by atoms with Crippen molar-refractivity contribution >= 4 is 22.6 Å². The van der Waals surface area contributed by atoms with Crippen LogP contribution >= 0.6 is 0 Å². The number of carboxylic acids is 1. The molecule has 0 radical (unpaired) electrons. The molecule has 3 N–H and O–H groups in total. The molecule has 0 saturated heterocycles. The van der Waals surface area contributed by atoms with Gasteiger partial charge >= 0.3 is 5.97 Å². The molecule has 2 aromatic rings. The van der Waals surface area contributed by atoms with Crippen LogP contribution in [0.3, 0.4) is 0 Å². The predicted molar refractivity (Wildman–Crippen MR) is 62.3 cm³/mol. The van der Waals surface area contributed by atoms with Gasteiger partial charge in [-0.25, -0.2) is 9.78 Å². The van der Waals surface area contributed by atoms with Crippen molar-refractivity contribution in [1.82, 2.24) is 4.98 Å². The molecule has 0 saturated carbocycles. The topological polar surface area (TPSA) is 85.4 Å². The van der Waals surface area contributed by atoms with Gasteiger partial charge in [-0.05, 0) is 17.7 Å². The lowest BCUT2D eigenvalue weighted by Gasteiger charge is -2.05. The number of nitrogen functional groups attached to an aromatic ring is 1. The molecule has 1 aliphatic rings. The molecule has 0 aliphatic carbocycles. The Kier molecular flexibility index (Phi) is 1.95. The molecule has 0 atom stereocenters. The maximum absolute atomic E-state index is 10.9. The van der Waals surface area contributed by atoms with Gasteiger partial charge in [-0.2, -0.15) is 0 Å². The average Bonchev–Trinajstić information content (AvgIpc) is 2.71. The maximum atomic E-state index is 10.9. The number of aromatic nitrogens is 1. The van der Waals surface area contributed by atoms with Crippen molar-refractivity contribution in [1.29, 1.82) is 0 Å². The molecule has 0 amide bonds. The highest BCUT2D eigenvalue weighted by atomic mass is 16.5. The second kappa shape index (κ2) is 3.35. The first-order chi connectivity index (χ1) is 8.15. The quantitative estimate of drug-likeness (QED) is 0.774. The second-order valence-electron chi connectivity index (χ2n) is 3.98. The van der Waals surface area contributed by atoms with Crippen molar-refractivity contribution in [3.63, 3.8) is 0 Å². The van der Waals surface area contributed by atoms with Gasteiger partial charge in [0.1, 0.15) is 5.75 Å². The molecule has 86 valence electrons. The summed E-state index contributed by atoms with van der Waals surface area (Å²) >= 11 is 0. The summed E-state index contributed by atoms with van der Waals surface area (Å²) in [6.45, 7) is 0.660. The van der Waals surface area contributed by atoms with Crippen LogP contribution < -0.4 is 10.5 Å². The molecule has 5 nitrogen and oxygen atoms in total. The first kappa shape index (κ1) is 9.89. The fraction of sp³-hybridized carbons (Fsp3) is 0.167. The van der Waals surface area contributed by atoms with Crippen molar-refractivity contribution in [3.05, 3.63) is 29.5 Å². The first-order valence-electron chi connectivity index (χ1n) is 5.24. The maximum Gasteiger partial charge on any atom is 0.356 e. The van der Waals surface area contributed by atoms with Crippen LogP contribution in [0, 0.1) is 0 Å². The van der Waals surface area contributed by atoms with E-state index in [-0.39, 0.29) is 11.4 Å². The van der Waals surface area contributed by atoms with E-state index >= 15 is 0 Å². The fourth-order valence-electron chi connectivity index (χ4n) is 2.04. The van der Waals surface area contributed by atoms with Gasteiger partial charge in [0.25, 0.3) is 0 Å². The number of hydrogen-bond acceptors (Lipinski definition) is 4. The van der Waals surface area contributed by atoms with E-state index in [1.807, 2.05) is 6.07 Å². The molecular weight excluding hydrogens is 220 g/mol. The van der Waals surface area contributed by atoms with E-state index in [0.717, 1.165) is 23.1 Å². The van der Waals surface area contributed by atoms with Gasteiger partial charge in [0.05, 0.1) is 17.8 Å². The molecule has 2 heterocycles. The summed E-state index contributed by atoms with van der Waals surface area (Å²) in [5.41, 5.74) is 7.43. The number of anilines is 1. The number of carbonyl (C=O) groups is 1. The summed E-state index contributed by atoms with van der Waals surface area (Å²) in [6.07, 6.45) is 0.867. The van der Waals surface area contributed by atoms with Crippen LogP contribution in [-0.2, 0) is 6.42 Å². The van der Waals surface area contributed by atoms with Crippen LogP contribution in [0.4, 0.5) is 5.69 Å². The van der Waals surface area contributed by atoms with Crippen molar-refractivity contribution in [2.45, 2.75) is 6.42 Å². The number of nitrogens with zero attached hydrogens (tertiary/aromatic N) is 1. The normalized spacial score (nSPS) is 13.4. The third-order valence-corrected chi connectivity index (χ3v) is 2.86. The Morgan fingerprint density at radius 2 is 2.24 bits per heavy atom. The van der Waals surface area contributed by atoms with E-state index in [4.69, 9.17) is 15.6 Å². The summed E-state index contributed by atoms with van der Waals surface area (Å²) in [4.78, 5) is 15.0. The number of nitrogens with two attached hydrogens (primary N) is 1. The number of hydrogen-bond donors (Lipinski definition) is 2. The number of carboxylic acid groups (broad SMARTS) is 1. The van der Waals surface area contributed by atoms with Gasteiger partial charge in [-0.3, -0.25) is 0 Å². The van der Waals surface area contributed by atoms with Crippen LogP contribution in [0.15, 0.2) is 18.2 Å².